The first kappa shape index (κ1) is 12.9. The van der Waals surface area contributed by atoms with Crippen molar-refractivity contribution < 1.29 is 4.79 Å². The lowest BCUT2D eigenvalue weighted by Crippen LogP contribution is -2.28. The molecule has 0 saturated heterocycles. The second kappa shape index (κ2) is 5.85. The highest BCUT2D eigenvalue weighted by atomic mass is 16.1. The molecule has 4 heteroatoms. The molecule has 1 saturated carbocycles. The second-order valence-corrected chi connectivity index (χ2v) is 4.96. The molecular formula is C14H21N3O. The number of rotatable bonds is 5. The van der Waals surface area contributed by atoms with E-state index >= 15 is 0 Å². The summed E-state index contributed by atoms with van der Waals surface area (Å²) in [6.45, 7) is 2.68. The van der Waals surface area contributed by atoms with Crippen LogP contribution in [0.1, 0.15) is 41.7 Å². The average molecular weight is 247 g/mol. The lowest BCUT2D eigenvalue weighted by molar-refractivity contribution is 0.0949. The largest absolute Gasteiger partial charge is 0.387 e. The lowest BCUT2D eigenvalue weighted by Gasteiger charge is -2.25. The van der Waals surface area contributed by atoms with Crippen LogP contribution < -0.4 is 10.6 Å². The molecule has 1 aromatic rings. The van der Waals surface area contributed by atoms with Crippen LogP contribution in [-0.2, 0) is 0 Å². The molecule has 98 valence electrons. The molecule has 1 amide bonds. The maximum Gasteiger partial charge on any atom is 0.254 e. The summed E-state index contributed by atoms with van der Waals surface area (Å²) in [7, 11) is 1.82. The summed E-state index contributed by atoms with van der Waals surface area (Å²) in [5.74, 6) is 0.788. The molecule has 0 radical (unpaired) electrons. The van der Waals surface area contributed by atoms with Crippen molar-refractivity contribution in [2.45, 2.75) is 32.6 Å². The van der Waals surface area contributed by atoms with Crippen LogP contribution in [0.3, 0.4) is 0 Å². The summed E-state index contributed by atoms with van der Waals surface area (Å²) in [4.78, 5) is 16.2. The van der Waals surface area contributed by atoms with Gasteiger partial charge in [0.05, 0.1) is 11.3 Å². The molecule has 0 unspecified atom stereocenters. The molecule has 0 spiro atoms. The Morgan fingerprint density at radius 2 is 2.28 bits per heavy atom. The first-order valence-electron chi connectivity index (χ1n) is 6.63. The van der Waals surface area contributed by atoms with Crippen LogP contribution >= 0.6 is 0 Å². The van der Waals surface area contributed by atoms with Crippen molar-refractivity contribution in [3.8, 4) is 0 Å². The zero-order valence-corrected chi connectivity index (χ0v) is 11.1. The van der Waals surface area contributed by atoms with Crippen molar-refractivity contribution in [1.82, 2.24) is 10.3 Å². The topological polar surface area (TPSA) is 54.0 Å². The molecule has 2 N–H and O–H groups in total. The lowest BCUT2D eigenvalue weighted by atomic mass is 9.83. The molecule has 1 aliphatic rings. The minimum absolute atomic E-state index is 0.0360. The third-order valence-electron chi connectivity index (χ3n) is 3.62. The minimum atomic E-state index is -0.0360. The van der Waals surface area contributed by atoms with E-state index in [4.69, 9.17) is 0 Å². The van der Waals surface area contributed by atoms with Crippen LogP contribution in [0.25, 0.3) is 0 Å². The Balaban J connectivity index is 1.90. The average Bonchev–Trinajstić information content (AvgIpc) is 2.31. The highest BCUT2D eigenvalue weighted by molar-refractivity contribution is 5.99. The van der Waals surface area contributed by atoms with Crippen molar-refractivity contribution in [2.24, 2.45) is 5.92 Å². The fourth-order valence-corrected chi connectivity index (χ4v) is 2.21. The van der Waals surface area contributed by atoms with E-state index in [0.29, 0.717) is 5.56 Å². The summed E-state index contributed by atoms with van der Waals surface area (Å²) in [6.07, 6.45) is 6.73. The van der Waals surface area contributed by atoms with Gasteiger partial charge in [0, 0.05) is 25.5 Å². The Kier molecular flexibility index (Phi) is 4.18. The number of carbonyl (C=O) groups is 1. The van der Waals surface area contributed by atoms with Crippen LogP contribution in [0, 0.1) is 12.8 Å². The Morgan fingerprint density at radius 3 is 2.89 bits per heavy atom. The molecule has 1 heterocycles. The van der Waals surface area contributed by atoms with Crippen LogP contribution in [0.2, 0.25) is 0 Å². The predicted octanol–water partition coefficient (Wildman–Crippen LogP) is 2.35. The van der Waals surface area contributed by atoms with Gasteiger partial charge in [-0.15, -0.1) is 0 Å². The molecule has 18 heavy (non-hydrogen) atoms. The number of nitrogens with one attached hydrogen (secondary N) is 2. The number of anilines is 1. The highest BCUT2D eigenvalue weighted by Gasteiger charge is 2.17. The Morgan fingerprint density at radius 1 is 1.50 bits per heavy atom. The molecule has 4 nitrogen and oxygen atoms in total. The molecular weight excluding hydrogens is 226 g/mol. The van der Waals surface area contributed by atoms with Gasteiger partial charge in [0.2, 0.25) is 0 Å². The summed E-state index contributed by atoms with van der Waals surface area (Å²) in [6, 6.07) is 1.89. The molecule has 0 bridgehead atoms. The van der Waals surface area contributed by atoms with Gasteiger partial charge in [0.15, 0.2) is 0 Å². The van der Waals surface area contributed by atoms with Crippen LogP contribution in [0.4, 0.5) is 5.69 Å². The number of carbonyl (C=O) groups excluding carboxylic acids is 1. The Labute approximate surface area is 108 Å². The van der Waals surface area contributed by atoms with Gasteiger partial charge in [-0.2, -0.15) is 0 Å². The van der Waals surface area contributed by atoms with Gasteiger partial charge >= 0.3 is 0 Å². The third kappa shape index (κ3) is 3.00. The summed E-state index contributed by atoms with van der Waals surface area (Å²) in [5.41, 5.74) is 2.37. The number of pyridine rings is 1. The number of aromatic nitrogens is 1. The number of nitrogens with zero attached hydrogens (tertiary/aromatic N) is 1. The molecule has 0 atom stereocenters. The van der Waals surface area contributed by atoms with E-state index in [9.17, 15) is 4.79 Å². The van der Waals surface area contributed by atoms with Gasteiger partial charge in [-0.05, 0) is 25.3 Å². The number of hydrogen-bond donors (Lipinski definition) is 2. The van der Waals surface area contributed by atoms with E-state index in [2.05, 4.69) is 15.6 Å². The molecule has 1 fully saturated rings. The number of aryl methyl sites for hydroxylation is 1. The van der Waals surface area contributed by atoms with Crippen LogP contribution in [0.15, 0.2) is 12.3 Å². The third-order valence-corrected chi connectivity index (χ3v) is 3.62. The van der Waals surface area contributed by atoms with Crippen molar-refractivity contribution >= 4 is 11.6 Å². The van der Waals surface area contributed by atoms with Gasteiger partial charge in [0.25, 0.3) is 5.91 Å². The van der Waals surface area contributed by atoms with Gasteiger partial charge in [-0.3, -0.25) is 9.78 Å². The van der Waals surface area contributed by atoms with E-state index in [0.717, 1.165) is 30.3 Å². The van der Waals surface area contributed by atoms with Crippen molar-refractivity contribution in [1.29, 1.82) is 0 Å². The van der Waals surface area contributed by atoms with Gasteiger partial charge in [0.1, 0.15) is 0 Å². The van der Waals surface area contributed by atoms with Crippen LogP contribution in [0.5, 0.6) is 0 Å². The van der Waals surface area contributed by atoms with Crippen molar-refractivity contribution in [3.05, 3.63) is 23.5 Å². The Hall–Kier alpha value is -1.58. The van der Waals surface area contributed by atoms with Crippen LogP contribution in [-0.4, -0.2) is 24.5 Å². The molecule has 0 aromatic carbocycles. The molecule has 2 rings (SSSR count). The van der Waals surface area contributed by atoms with E-state index in [-0.39, 0.29) is 5.91 Å². The second-order valence-electron chi connectivity index (χ2n) is 4.96. The Bertz CT molecular complexity index is 427. The predicted molar refractivity (Wildman–Crippen MR) is 72.8 cm³/mol. The quantitative estimate of drug-likeness (QED) is 0.839. The van der Waals surface area contributed by atoms with Crippen molar-refractivity contribution in [3.63, 3.8) is 0 Å². The normalized spacial score (nSPS) is 15.0. The SMILES string of the molecule is CNc1cc(C)ncc1C(=O)NCCC1CCC1. The number of amides is 1. The van der Waals surface area contributed by atoms with E-state index in [1.165, 1.54) is 19.3 Å². The zero-order chi connectivity index (χ0) is 13.0. The molecule has 0 aliphatic heterocycles. The maximum atomic E-state index is 12.0. The fraction of sp³-hybridized carbons (Fsp3) is 0.571. The zero-order valence-electron chi connectivity index (χ0n) is 11.1. The molecule has 1 aromatic heterocycles. The molecule has 1 aliphatic carbocycles. The van der Waals surface area contributed by atoms with Crippen molar-refractivity contribution in [2.75, 3.05) is 18.9 Å². The van der Waals surface area contributed by atoms with E-state index in [1.807, 2.05) is 20.0 Å². The van der Waals surface area contributed by atoms with Gasteiger partial charge in [-0.1, -0.05) is 19.3 Å². The monoisotopic (exact) mass is 247 g/mol. The summed E-state index contributed by atoms with van der Waals surface area (Å²) < 4.78 is 0. The summed E-state index contributed by atoms with van der Waals surface area (Å²) in [5, 5.41) is 6.01. The minimum Gasteiger partial charge on any atom is -0.387 e. The highest BCUT2D eigenvalue weighted by Crippen LogP contribution is 2.28. The van der Waals surface area contributed by atoms with Gasteiger partial charge < -0.3 is 10.6 Å². The first-order chi connectivity index (χ1) is 8.70. The van der Waals surface area contributed by atoms with Gasteiger partial charge in [-0.25, -0.2) is 0 Å². The van der Waals surface area contributed by atoms with E-state index in [1.54, 1.807) is 6.20 Å². The first-order valence-corrected chi connectivity index (χ1v) is 6.63. The summed E-state index contributed by atoms with van der Waals surface area (Å²) >= 11 is 0. The maximum absolute atomic E-state index is 12.0. The smallest absolute Gasteiger partial charge is 0.254 e. The standard InChI is InChI=1S/C14H21N3O/c1-10-8-13(15-2)12(9-17-10)14(18)16-7-6-11-4-3-5-11/h8-9,11H,3-7H2,1-2H3,(H,15,17)(H,16,18). The number of hydrogen-bond acceptors (Lipinski definition) is 3. The van der Waals surface area contributed by atoms with E-state index < -0.39 is 0 Å². The fourth-order valence-electron chi connectivity index (χ4n) is 2.21.